The Labute approximate surface area is 128 Å². The molecule has 0 bridgehead atoms. The minimum atomic E-state index is 0.394. The minimum absolute atomic E-state index is 0.394. The zero-order chi connectivity index (χ0) is 15.1. The van der Waals surface area contributed by atoms with Crippen molar-refractivity contribution in [2.45, 2.75) is 20.0 Å². The molecule has 2 aromatic heterocycles. The van der Waals surface area contributed by atoms with E-state index in [1.807, 2.05) is 19.1 Å². The summed E-state index contributed by atoms with van der Waals surface area (Å²) >= 11 is 2.27. The highest BCUT2D eigenvalue weighted by atomic mass is 32.2. The lowest BCUT2D eigenvalue weighted by Gasteiger charge is -2.08. The van der Waals surface area contributed by atoms with Crippen LogP contribution in [-0.2, 0) is 17.2 Å². The molecule has 0 saturated heterocycles. The van der Waals surface area contributed by atoms with Gasteiger partial charge in [-0.3, -0.25) is 0 Å². The fourth-order valence-electron chi connectivity index (χ4n) is 1.57. The van der Waals surface area contributed by atoms with Crippen LogP contribution in [0.2, 0.25) is 0 Å². The van der Waals surface area contributed by atoms with Gasteiger partial charge in [-0.05, 0) is 25.5 Å². The van der Waals surface area contributed by atoms with Crippen LogP contribution in [0.4, 0.5) is 10.9 Å². The highest BCUT2D eigenvalue weighted by Gasteiger charge is 2.06. The van der Waals surface area contributed by atoms with Crippen LogP contribution in [0.25, 0.3) is 0 Å². The number of anilines is 2. The van der Waals surface area contributed by atoms with Gasteiger partial charge in [0.05, 0.1) is 12.8 Å². The highest BCUT2D eigenvalue weighted by molar-refractivity contribution is 8.15. The van der Waals surface area contributed by atoms with E-state index in [-0.39, 0.29) is 0 Å². The van der Waals surface area contributed by atoms with Crippen molar-refractivity contribution in [1.29, 1.82) is 6.60 Å². The molecule has 0 aliphatic carbocycles. The van der Waals surface area contributed by atoms with Crippen LogP contribution in [-0.4, -0.2) is 18.4 Å². The van der Waals surface area contributed by atoms with Gasteiger partial charge in [0, 0.05) is 5.69 Å². The smallest absolute Gasteiger partial charge is 0.209 e. The van der Waals surface area contributed by atoms with E-state index in [4.69, 9.17) is 10.8 Å². The van der Waals surface area contributed by atoms with Gasteiger partial charge in [0.1, 0.15) is 16.8 Å². The van der Waals surface area contributed by atoms with E-state index in [0.29, 0.717) is 22.4 Å². The maximum Gasteiger partial charge on any atom is 0.209 e. The molecule has 0 fully saturated rings. The molecule has 0 aromatic carbocycles. The number of hydrogen-bond donors (Lipinski definition) is 1. The molecule has 8 heteroatoms. The Morgan fingerprint density at radius 3 is 3.25 bits per heavy atom. The molecule has 2 rings (SSSR count). The molecule has 0 amide bonds. The molecular weight excluding hydrogens is 291 g/mol. The van der Waals surface area contributed by atoms with Gasteiger partial charge in [0.15, 0.2) is 5.13 Å². The van der Waals surface area contributed by atoms with Crippen molar-refractivity contribution in [3.8, 4) is 6.07 Å². The molecule has 0 aliphatic heterocycles. The summed E-state index contributed by atoms with van der Waals surface area (Å²) in [6.45, 7) is 2.42. The molecule has 1 radical (unpaired) electrons. The van der Waals surface area contributed by atoms with Crippen LogP contribution >= 0.6 is 23.2 Å². The number of rotatable bonds is 7. The van der Waals surface area contributed by atoms with Crippen LogP contribution in [0.1, 0.15) is 23.1 Å². The third-order valence-electron chi connectivity index (χ3n) is 2.44. The Morgan fingerprint density at radius 2 is 2.55 bits per heavy atom. The average molecular weight is 305 g/mol. The molecule has 101 valence electrons. The molecule has 0 saturated carbocycles. The van der Waals surface area contributed by atoms with Crippen molar-refractivity contribution in [3.63, 3.8) is 0 Å². The number of thiazole rings is 1. The first kappa shape index (κ1) is 13.4. The summed E-state index contributed by atoms with van der Waals surface area (Å²) in [5, 5.41) is 12.5. The van der Waals surface area contributed by atoms with E-state index in [2.05, 4.69) is 21.4 Å². The largest absolute Gasteiger partial charge is 0.323 e. The molecule has 2 aromatic rings. The summed E-state index contributed by atoms with van der Waals surface area (Å²) in [7, 11) is 1.14. The van der Waals surface area contributed by atoms with Crippen LogP contribution in [0.5, 0.6) is 0 Å². The van der Waals surface area contributed by atoms with Crippen LogP contribution in [0, 0.1) is 11.3 Å². The molecule has 0 unspecified atom stereocenters. The molecule has 20 heavy (non-hydrogen) atoms. The van der Waals surface area contributed by atoms with Crippen LogP contribution < -0.4 is 5.32 Å². The van der Waals surface area contributed by atoms with Crippen molar-refractivity contribution >= 4 is 41.3 Å². The third kappa shape index (κ3) is 3.97. The summed E-state index contributed by atoms with van der Waals surface area (Å²) < 4.78 is 12.2. The normalized spacial score (nSPS) is 10.7. The van der Waals surface area contributed by atoms with Crippen molar-refractivity contribution in [1.82, 2.24) is 9.97 Å². The third-order valence-corrected chi connectivity index (χ3v) is 3.52. The van der Waals surface area contributed by atoms with Gasteiger partial charge < -0.3 is 9.50 Å². The van der Waals surface area contributed by atoms with Crippen molar-refractivity contribution in [2.75, 3.05) is 5.32 Å². The van der Waals surface area contributed by atoms with Crippen LogP contribution in [0.3, 0.4) is 0 Å². The van der Waals surface area contributed by atoms with E-state index in [1.165, 1.54) is 17.5 Å². The predicted octanol–water partition coefficient (Wildman–Crippen LogP) is 2.70. The van der Waals surface area contributed by atoms with Crippen molar-refractivity contribution < 1.29 is 4.18 Å². The second kappa shape index (κ2) is 7.29. The maximum absolute atomic E-state index is 8.80. The van der Waals surface area contributed by atoms with E-state index in [9.17, 15) is 0 Å². The Balaban J connectivity index is 2.13. The number of nitrogens with zero attached hydrogens (tertiary/aromatic N) is 3. The average Bonchev–Trinajstić information content (AvgIpc) is 2.95. The van der Waals surface area contributed by atoms with Gasteiger partial charge in [-0.2, -0.15) is 5.26 Å². The van der Waals surface area contributed by atoms with E-state index in [1.54, 1.807) is 0 Å². The van der Waals surface area contributed by atoms with Gasteiger partial charge in [-0.25, -0.2) is 9.97 Å². The number of aryl methyl sites for hydroxylation is 1. The summed E-state index contributed by atoms with van der Waals surface area (Å²) in [5.41, 5.74) is 1.91. The van der Waals surface area contributed by atoms with Gasteiger partial charge in [-0.15, -0.1) is 0 Å². The lowest BCUT2D eigenvalue weighted by atomic mass is 10.2. The second-order valence-electron chi connectivity index (χ2n) is 3.83. The van der Waals surface area contributed by atoms with Gasteiger partial charge in [0.2, 0.25) is 7.09 Å². The molecule has 0 spiro atoms. The number of nitrogens with one attached hydrogen (secondary N) is 1. The van der Waals surface area contributed by atoms with Crippen LogP contribution in [0.15, 0.2) is 18.3 Å². The summed E-state index contributed by atoms with van der Waals surface area (Å²) in [5.74, 6) is 0.673. The minimum Gasteiger partial charge on any atom is -0.323 e. The topological polar surface area (TPSA) is 70.8 Å². The zero-order valence-corrected chi connectivity index (χ0v) is 12.4. The first-order valence-corrected chi connectivity index (χ1v) is 7.48. The lowest BCUT2D eigenvalue weighted by Crippen LogP contribution is -1.99. The van der Waals surface area contributed by atoms with Gasteiger partial charge >= 0.3 is 0 Å². The maximum atomic E-state index is 8.80. The number of pyridine rings is 1. The molecule has 0 atom stereocenters. The van der Waals surface area contributed by atoms with E-state index >= 15 is 0 Å². The number of nitriles is 1. The molecule has 1 N–H and O–H groups in total. The fraction of sp³-hybridized carbons (Fsp3) is 0.250. The van der Waals surface area contributed by atoms with E-state index < -0.39 is 0 Å². The standard InChI is InChI=1S/C12H12BN4OS2/c1-2-9-3-8(7-18-20-13)4-11(16-9)17-12-15-6-10(5-14)19-12/h3-4,6,13H,2,7H2,1H3,(H,15,16,17)/i13T. The predicted molar refractivity (Wildman–Crippen MR) is 83.3 cm³/mol. The van der Waals surface area contributed by atoms with E-state index in [0.717, 1.165) is 36.7 Å². The Morgan fingerprint density at radius 1 is 1.65 bits per heavy atom. The Kier molecular flexibility index (Phi) is 4.89. The molecule has 5 nitrogen and oxygen atoms in total. The number of aromatic nitrogens is 2. The number of hydrogen-bond acceptors (Lipinski definition) is 7. The summed E-state index contributed by atoms with van der Waals surface area (Å²) in [4.78, 5) is 9.15. The lowest BCUT2D eigenvalue weighted by molar-refractivity contribution is 0.369. The summed E-state index contributed by atoms with van der Waals surface area (Å²) in [6, 6.07) is 5.90. The molecule has 2 heterocycles. The van der Waals surface area contributed by atoms with Crippen molar-refractivity contribution in [3.05, 3.63) is 34.5 Å². The summed E-state index contributed by atoms with van der Waals surface area (Å²) in [6.07, 6.45) is 2.34. The monoisotopic (exact) mass is 305 g/mol. The fourth-order valence-corrected chi connectivity index (χ4v) is 2.40. The van der Waals surface area contributed by atoms with Gasteiger partial charge in [0.25, 0.3) is 0 Å². The van der Waals surface area contributed by atoms with Gasteiger partial charge in [-0.1, -0.05) is 30.2 Å². The Hall–Kier alpha value is -1.56. The first-order valence-electron chi connectivity index (χ1n) is 6.44. The second-order valence-corrected chi connectivity index (χ2v) is 5.29. The van der Waals surface area contributed by atoms with Crippen molar-refractivity contribution in [2.24, 2.45) is 0 Å². The molecule has 0 aliphatic rings. The zero-order valence-electron chi connectivity index (χ0n) is 11.8. The first-order chi connectivity index (χ1) is 10.2. The molecular formula is C12H12BN4OS2. The SMILES string of the molecule is [3H][B]SOCc1cc(CC)nc(Nc2ncc(C#N)s2)c1. The Bertz CT molecular complexity index is 646. The quantitative estimate of drug-likeness (QED) is 0.482. The highest BCUT2D eigenvalue weighted by Crippen LogP contribution is 2.22.